The molecule has 0 bridgehead atoms. The summed E-state index contributed by atoms with van der Waals surface area (Å²) in [5.74, 6) is 1.35. The number of anilines is 2. The molecule has 0 saturated carbocycles. The van der Waals surface area contributed by atoms with Gasteiger partial charge in [0.2, 0.25) is 11.8 Å². The number of carbonyl (C=O) groups is 2. The van der Waals surface area contributed by atoms with Gasteiger partial charge in [0.05, 0.1) is 31.1 Å². The number of carbonyl (C=O) groups excluding carboxylic acids is 2. The second-order valence-corrected chi connectivity index (χ2v) is 7.93. The molecule has 1 N–H and O–H groups in total. The van der Waals surface area contributed by atoms with E-state index in [-0.39, 0.29) is 30.9 Å². The summed E-state index contributed by atoms with van der Waals surface area (Å²) < 4.78 is 11.6. The number of amides is 2. The van der Waals surface area contributed by atoms with Crippen LogP contribution >= 0.6 is 0 Å². The molecule has 1 atom stereocenters. The maximum absolute atomic E-state index is 13.2. The summed E-state index contributed by atoms with van der Waals surface area (Å²) in [5, 5.41) is 2.83. The van der Waals surface area contributed by atoms with Gasteiger partial charge >= 0.3 is 0 Å². The number of rotatable bonds is 3. The molecular weight excluding hydrogens is 382 g/mol. The molecule has 0 aromatic heterocycles. The molecule has 0 spiro atoms. The van der Waals surface area contributed by atoms with Crippen LogP contribution in [0.25, 0.3) is 0 Å². The van der Waals surface area contributed by atoms with Crippen molar-refractivity contribution in [3.63, 3.8) is 0 Å². The lowest BCUT2D eigenvalue weighted by Gasteiger charge is -2.32. The first-order valence-electron chi connectivity index (χ1n) is 10.5. The molecule has 156 valence electrons. The van der Waals surface area contributed by atoms with Crippen molar-refractivity contribution in [2.45, 2.75) is 25.3 Å². The molecule has 3 aliphatic heterocycles. The first-order chi connectivity index (χ1) is 14.7. The first-order valence-corrected chi connectivity index (χ1v) is 10.5. The largest absolute Gasteiger partial charge is 0.490 e. The van der Waals surface area contributed by atoms with Crippen LogP contribution in [0.5, 0.6) is 11.5 Å². The molecule has 30 heavy (non-hydrogen) atoms. The average Bonchev–Trinajstić information content (AvgIpc) is 3.08. The fourth-order valence-electron chi connectivity index (χ4n) is 4.49. The van der Waals surface area contributed by atoms with E-state index in [1.165, 1.54) is 0 Å². The third kappa shape index (κ3) is 3.61. The highest BCUT2D eigenvalue weighted by Crippen LogP contribution is 2.38. The number of hydrogen-bond donors (Lipinski definition) is 1. The van der Waals surface area contributed by atoms with E-state index in [1.54, 1.807) is 4.90 Å². The SMILES string of the molecule is O=C1CN(C(=O)CN2CCC[C@@H]2c2ccc3c(c2)OCCCO3)c2ccccc2N1. The van der Waals surface area contributed by atoms with Crippen molar-refractivity contribution in [2.75, 3.05) is 43.1 Å². The Hall–Kier alpha value is -3.06. The van der Waals surface area contributed by atoms with Crippen molar-refractivity contribution in [3.8, 4) is 11.5 Å². The zero-order chi connectivity index (χ0) is 20.5. The highest BCUT2D eigenvalue weighted by atomic mass is 16.5. The van der Waals surface area contributed by atoms with Crippen molar-refractivity contribution in [2.24, 2.45) is 0 Å². The summed E-state index contributed by atoms with van der Waals surface area (Å²) >= 11 is 0. The molecule has 2 aromatic rings. The standard InChI is InChI=1S/C23H25N3O4/c27-22-14-26(19-6-2-1-5-17(19)24-22)23(28)15-25-10-3-7-18(25)16-8-9-20-21(13-16)30-12-4-11-29-20/h1-2,5-6,8-9,13,18H,3-4,7,10-12,14-15H2,(H,24,27)/t18-/m1/s1. The minimum absolute atomic E-state index is 0.0539. The Morgan fingerprint density at radius 1 is 1.07 bits per heavy atom. The van der Waals surface area contributed by atoms with E-state index < -0.39 is 0 Å². The van der Waals surface area contributed by atoms with Crippen molar-refractivity contribution in [1.29, 1.82) is 0 Å². The van der Waals surface area contributed by atoms with Crippen LogP contribution in [-0.4, -0.2) is 49.6 Å². The van der Waals surface area contributed by atoms with Gasteiger partial charge in [0.25, 0.3) is 0 Å². The van der Waals surface area contributed by atoms with Gasteiger partial charge < -0.3 is 14.8 Å². The molecule has 2 aromatic carbocycles. The maximum atomic E-state index is 13.2. The Kier molecular flexibility index (Phi) is 5.04. The van der Waals surface area contributed by atoms with Crippen LogP contribution in [0, 0.1) is 0 Å². The molecule has 0 unspecified atom stereocenters. The Labute approximate surface area is 175 Å². The Morgan fingerprint density at radius 3 is 2.80 bits per heavy atom. The van der Waals surface area contributed by atoms with Crippen LogP contribution in [0.1, 0.15) is 30.9 Å². The van der Waals surface area contributed by atoms with E-state index in [2.05, 4.69) is 22.3 Å². The average molecular weight is 407 g/mol. The zero-order valence-corrected chi connectivity index (χ0v) is 16.8. The molecule has 7 nitrogen and oxygen atoms in total. The van der Waals surface area contributed by atoms with E-state index in [1.807, 2.05) is 30.3 Å². The molecule has 0 radical (unpaired) electrons. The summed E-state index contributed by atoms with van der Waals surface area (Å²) in [6, 6.07) is 13.7. The number of likely N-dealkylation sites (tertiary alicyclic amines) is 1. The van der Waals surface area contributed by atoms with Gasteiger partial charge in [-0.2, -0.15) is 0 Å². The lowest BCUT2D eigenvalue weighted by atomic mass is 10.0. The molecule has 2 amide bonds. The molecule has 3 heterocycles. The number of nitrogens with zero attached hydrogens (tertiary/aromatic N) is 2. The predicted octanol–water partition coefficient (Wildman–Crippen LogP) is 2.97. The summed E-state index contributed by atoms with van der Waals surface area (Å²) in [6.45, 7) is 2.51. The molecule has 5 rings (SSSR count). The van der Waals surface area contributed by atoms with E-state index in [0.29, 0.717) is 18.9 Å². The van der Waals surface area contributed by atoms with Crippen molar-refractivity contribution in [1.82, 2.24) is 4.90 Å². The summed E-state index contributed by atoms with van der Waals surface area (Å²) in [7, 11) is 0. The van der Waals surface area contributed by atoms with Crippen LogP contribution in [-0.2, 0) is 9.59 Å². The van der Waals surface area contributed by atoms with Crippen LogP contribution in [0.4, 0.5) is 11.4 Å². The zero-order valence-electron chi connectivity index (χ0n) is 16.8. The molecule has 3 aliphatic rings. The normalized spacial score (nSPS) is 21.0. The summed E-state index contributed by atoms with van der Waals surface area (Å²) in [5.41, 5.74) is 2.58. The van der Waals surface area contributed by atoms with Gasteiger partial charge in [0.15, 0.2) is 11.5 Å². The Morgan fingerprint density at radius 2 is 1.90 bits per heavy atom. The van der Waals surface area contributed by atoms with Gasteiger partial charge in [0.1, 0.15) is 6.54 Å². The second-order valence-electron chi connectivity index (χ2n) is 7.93. The van der Waals surface area contributed by atoms with Crippen molar-refractivity contribution >= 4 is 23.2 Å². The molecule has 0 aliphatic carbocycles. The third-order valence-electron chi connectivity index (χ3n) is 5.93. The fraction of sp³-hybridized carbons (Fsp3) is 0.391. The monoisotopic (exact) mass is 407 g/mol. The number of nitrogens with one attached hydrogen (secondary N) is 1. The number of hydrogen-bond acceptors (Lipinski definition) is 5. The molecule has 7 heteroatoms. The lowest BCUT2D eigenvalue weighted by Crippen LogP contribution is -2.46. The van der Waals surface area contributed by atoms with Crippen molar-refractivity contribution in [3.05, 3.63) is 48.0 Å². The molecule has 1 saturated heterocycles. The Bertz CT molecular complexity index is 977. The number of fused-ring (bicyclic) bond motifs is 2. The minimum Gasteiger partial charge on any atom is -0.490 e. The highest BCUT2D eigenvalue weighted by Gasteiger charge is 2.32. The van der Waals surface area contributed by atoms with Gasteiger partial charge in [-0.05, 0) is 49.2 Å². The smallest absolute Gasteiger partial charge is 0.244 e. The van der Waals surface area contributed by atoms with Crippen molar-refractivity contribution < 1.29 is 19.1 Å². The van der Waals surface area contributed by atoms with E-state index in [9.17, 15) is 9.59 Å². The highest BCUT2D eigenvalue weighted by molar-refractivity contribution is 6.10. The van der Waals surface area contributed by atoms with Crippen LogP contribution in [0.2, 0.25) is 0 Å². The van der Waals surface area contributed by atoms with Crippen LogP contribution < -0.4 is 19.7 Å². The van der Waals surface area contributed by atoms with E-state index in [0.717, 1.165) is 48.6 Å². The second kappa shape index (κ2) is 7.99. The fourth-order valence-corrected chi connectivity index (χ4v) is 4.49. The van der Waals surface area contributed by atoms with Gasteiger partial charge in [0, 0.05) is 12.5 Å². The minimum atomic E-state index is -0.164. The quantitative estimate of drug-likeness (QED) is 0.847. The third-order valence-corrected chi connectivity index (χ3v) is 5.93. The van der Waals surface area contributed by atoms with Gasteiger partial charge in [-0.1, -0.05) is 18.2 Å². The van der Waals surface area contributed by atoms with Gasteiger partial charge in [-0.3, -0.25) is 19.4 Å². The van der Waals surface area contributed by atoms with Crippen LogP contribution in [0.3, 0.4) is 0 Å². The van der Waals surface area contributed by atoms with E-state index in [4.69, 9.17) is 9.47 Å². The number of benzene rings is 2. The summed E-state index contributed by atoms with van der Waals surface area (Å²) in [6.07, 6.45) is 2.90. The molecular formula is C23H25N3O4. The van der Waals surface area contributed by atoms with Crippen LogP contribution in [0.15, 0.2) is 42.5 Å². The topological polar surface area (TPSA) is 71.1 Å². The maximum Gasteiger partial charge on any atom is 0.244 e. The molecule has 1 fully saturated rings. The number of para-hydroxylation sites is 2. The first kappa shape index (κ1) is 18.9. The van der Waals surface area contributed by atoms with E-state index >= 15 is 0 Å². The predicted molar refractivity (Wildman–Crippen MR) is 113 cm³/mol. The number of ether oxygens (including phenoxy) is 2. The lowest BCUT2D eigenvalue weighted by molar-refractivity contribution is -0.122. The van der Waals surface area contributed by atoms with Gasteiger partial charge in [-0.25, -0.2) is 0 Å². The Balaban J connectivity index is 1.35. The summed E-state index contributed by atoms with van der Waals surface area (Å²) in [4.78, 5) is 29.1. The van der Waals surface area contributed by atoms with Gasteiger partial charge in [-0.15, -0.1) is 0 Å².